The number of fused-ring (bicyclic) bond motifs is 1. The second kappa shape index (κ2) is 4.86. The summed E-state index contributed by atoms with van der Waals surface area (Å²) in [4.78, 5) is 0. The highest BCUT2D eigenvalue weighted by Crippen LogP contribution is 2.34. The Balaban J connectivity index is 1.91. The first kappa shape index (κ1) is 12.5. The quantitative estimate of drug-likeness (QED) is 0.806. The van der Waals surface area contributed by atoms with Gasteiger partial charge >= 0.3 is 0 Å². The zero-order valence-corrected chi connectivity index (χ0v) is 11.5. The summed E-state index contributed by atoms with van der Waals surface area (Å²) in [6.07, 6.45) is 0.940. The molecule has 0 aromatic heterocycles. The summed E-state index contributed by atoms with van der Waals surface area (Å²) in [6.45, 7) is 2.94. The average molecular weight is 276 g/mol. The Bertz CT molecular complexity index is 607. The number of aryl methyl sites for hydroxylation is 1. The molecule has 0 amide bonds. The van der Waals surface area contributed by atoms with E-state index in [1.807, 2.05) is 24.3 Å². The van der Waals surface area contributed by atoms with Gasteiger partial charge in [-0.15, -0.1) is 0 Å². The molecule has 0 aliphatic carbocycles. The Kier molecular flexibility index (Phi) is 3.19. The van der Waals surface area contributed by atoms with Gasteiger partial charge in [0.1, 0.15) is 5.82 Å². The molecule has 3 heteroatoms. The van der Waals surface area contributed by atoms with Crippen molar-refractivity contribution in [1.82, 2.24) is 0 Å². The van der Waals surface area contributed by atoms with Gasteiger partial charge in [-0.3, -0.25) is 0 Å². The fourth-order valence-electron chi connectivity index (χ4n) is 2.76. The fourth-order valence-corrected chi connectivity index (χ4v) is 3.06. The molecule has 2 aromatic carbocycles. The SMILES string of the molecule is Cc1cc(Cl)cc2c1NCC(c1ccc(F)cc1)C2. The van der Waals surface area contributed by atoms with Gasteiger partial charge in [0.2, 0.25) is 0 Å². The number of benzene rings is 2. The molecule has 1 heterocycles. The molecule has 1 unspecified atom stereocenters. The van der Waals surface area contributed by atoms with Crippen molar-refractivity contribution < 1.29 is 4.39 Å². The molecule has 1 aliphatic heterocycles. The Morgan fingerprint density at radius 2 is 1.95 bits per heavy atom. The van der Waals surface area contributed by atoms with E-state index in [9.17, 15) is 4.39 Å². The van der Waals surface area contributed by atoms with E-state index in [0.29, 0.717) is 5.92 Å². The Labute approximate surface area is 117 Å². The highest BCUT2D eigenvalue weighted by molar-refractivity contribution is 6.30. The normalized spacial score (nSPS) is 17.7. The summed E-state index contributed by atoms with van der Waals surface area (Å²) < 4.78 is 13.0. The van der Waals surface area contributed by atoms with Crippen LogP contribution in [0.5, 0.6) is 0 Å². The summed E-state index contributed by atoms with van der Waals surface area (Å²) in [5.74, 6) is 0.178. The summed E-state index contributed by atoms with van der Waals surface area (Å²) in [5, 5.41) is 4.24. The first-order valence-corrected chi connectivity index (χ1v) is 6.79. The maximum Gasteiger partial charge on any atom is 0.123 e. The van der Waals surface area contributed by atoms with Crippen LogP contribution < -0.4 is 5.32 Å². The van der Waals surface area contributed by atoms with Crippen LogP contribution in [0.2, 0.25) is 5.02 Å². The number of anilines is 1. The molecule has 0 saturated heterocycles. The largest absolute Gasteiger partial charge is 0.384 e. The Hall–Kier alpha value is -1.54. The predicted octanol–water partition coefficient (Wildman–Crippen LogP) is 4.54. The maximum atomic E-state index is 13.0. The number of nitrogens with one attached hydrogen (secondary N) is 1. The molecule has 0 bridgehead atoms. The van der Waals surface area contributed by atoms with Crippen LogP contribution in [0.1, 0.15) is 22.6 Å². The number of hydrogen-bond donors (Lipinski definition) is 1. The van der Waals surface area contributed by atoms with E-state index in [1.165, 1.54) is 28.9 Å². The number of halogens is 2. The van der Waals surface area contributed by atoms with Gasteiger partial charge in [-0.25, -0.2) is 4.39 Å². The lowest BCUT2D eigenvalue weighted by molar-refractivity contribution is 0.623. The molecule has 0 fully saturated rings. The van der Waals surface area contributed by atoms with E-state index in [-0.39, 0.29) is 5.82 Å². The van der Waals surface area contributed by atoms with Crippen LogP contribution >= 0.6 is 11.6 Å². The minimum atomic E-state index is -0.188. The number of hydrogen-bond acceptors (Lipinski definition) is 1. The van der Waals surface area contributed by atoms with E-state index in [4.69, 9.17) is 11.6 Å². The molecular weight excluding hydrogens is 261 g/mol. The summed E-state index contributed by atoms with van der Waals surface area (Å²) in [5.41, 5.74) is 4.78. The van der Waals surface area contributed by atoms with E-state index in [0.717, 1.165) is 23.6 Å². The Morgan fingerprint density at radius 1 is 1.21 bits per heavy atom. The zero-order valence-electron chi connectivity index (χ0n) is 10.7. The lowest BCUT2D eigenvalue weighted by Crippen LogP contribution is -2.22. The minimum Gasteiger partial charge on any atom is -0.384 e. The van der Waals surface area contributed by atoms with Crippen LogP contribution in [-0.2, 0) is 6.42 Å². The molecule has 0 saturated carbocycles. The first-order chi connectivity index (χ1) is 9.13. The van der Waals surface area contributed by atoms with Crippen molar-refractivity contribution in [2.24, 2.45) is 0 Å². The molecule has 98 valence electrons. The maximum absolute atomic E-state index is 13.0. The highest BCUT2D eigenvalue weighted by Gasteiger charge is 2.21. The van der Waals surface area contributed by atoms with Crippen molar-refractivity contribution in [1.29, 1.82) is 0 Å². The van der Waals surface area contributed by atoms with Crippen molar-refractivity contribution in [2.45, 2.75) is 19.3 Å². The van der Waals surface area contributed by atoms with Crippen LogP contribution in [0.25, 0.3) is 0 Å². The standard InChI is InChI=1S/C16H15ClFN/c1-10-6-14(17)8-12-7-13(9-19-16(10)12)11-2-4-15(18)5-3-11/h2-6,8,13,19H,7,9H2,1H3. The van der Waals surface area contributed by atoms with Crippen molar-refractivity contribution in [3.8, 4) is 0 Å². The van der Waals surface area contributed by atoms with Gasteiger partial charge in [0.15, 0.2) is 0 Å². The van der Waals surface area contributed by atoms with Crippen LogP contribution in [0.3, 0.4) is 0 Å². The predicted molar refractivity (Wildman–Crippen MR) is 77.5 cm³/mol. The van der Waals surface area contributed by atoms with Gasteiger partial charge in [-0.05, 0) is 54.3 Å². The molecule has 19 heavy (non-hydrogen) atoms. The van der Waals surface area contributed by atoms with Crippen LogP contribution in [0.4, 0.5) is 10.1 Å². The minimum absolute atomic E-state index is 0.188. The molecular formula is C16H15ClFN. The molecule has 3 rings (SSSR count). The second-order valence-corrected chi connectivity index (χ2v) is 5.53. The lowest BCUT2D eigenvalue weighted by Gasteiger charge is -2.28. The van der Waals surface area contributed by atoms with E-state index in [2.05, 4.69) is 12.2 Å². The smallest absolute Gasteiger partial charge is 0.123 e. The van der Waals surface area contributed by atoms with E-state index < -0.39 is 0 Å². The monoisotopic (exact) mass is 275 g/mol. The number of rotatable bonds is 1. The van der Waals surface area contributed by atoms with Gasteiger partial charge in [-0.2, -0.15) is 0 Å². The van der Waals surface area contributed by atoms with Gasteiger partial charge in [0.25, 0.3) is 0 Å². The second-order valence-electron chi connectivity index (χ2n) is 5.09. The van der Waals surface area contributed by atoms with Crippen molar-refractivity contribution in [2.75, 3.05) is 11.9 Å². The summed E-state index contributed by atoms with van der Waals surface area (Å²) >= 11 is 6.12. The third kappa shape index (κ3) is 2.45. The molecule has 0 radical (unpaired) electrons. The van der Waals surface area contributed by atoms with Crippen LogP contribution in [0.15, 0.2) is 36.4 Å². The van der Waals surface area contributed by atoms with Crippen molar-refractivity contribution in [3.63, 3.8) is 0 Å². The third-order valence-electron chi connectivity index (χ3n) is 3.71. The van der Waals surface area contributed by atoms with Gasteiger partial charge < -0.3 is 5.32 Å². The molecule has 2 aromatic rings. The van der Waals surface area contributed by atoms with Gasteiger partial charge in [0, 0.05) is 23.2 Å². The van der Waals surface area contributed by atoms with E-state index >= 15 is 0 Å². The van der Waals surface area contributed by atoms with Gasteiger partial charge in [0.05, 0.1) is 0 Å². The Morgan fingerprint density at radius 3 is 2.68 bits per heavy atom. The molecule has 1 aliphatic rings. The van der Waals surface area contributed by atoms with E-state index in [1.54, 1.807) is 0 Å². The van der Waals surface area contributed by atoms with Crippen molar-refractivity contribution in [3.05, 3.63) is 63.9 Å². The molecule has 1 N–H and O–H groups in total. The topological polar surface area (TPSA) is 12.0 Å². The molecule has 1 nitrogen and oxygen atoms in total. The molecule has 1 atom stereocenters. The zero-order chi connectivity index (χ0) is 13.4. The van der Waals surface area contributed by atoms with Crippen LogP contribution in [0, 0.1) is 12.7 Å². The lowest BCUT2D eigenvalue weighted by atomic mass is 9.87. The van der Waals surface area contributed by atoms with Crippen molar-refractivity contribution >= 4 is 17.3 Å². The fraction of sp³-hybridized carbons (Fsp3) is 0.250. The summed E-state index contributed by atoms with van der Waals surface area (Å²) in [6, 6.07) is 10.8. The molecule has 0 spiro atoms. The third-order valence-corrected chi connectivity index (χ3v) is 3.93. The first-order valence-electron chi connectivity index (χ1n) is 6.42. The van der Waals surface area contributed by atoms with Crippen LogP contribution in [-0.4, -0.2) is 6.54 Å². The average Bonchev–Trinajstić information content (AvgIpc) is 2.38. The van der Waals surface area contributed by atoms with Gasteiger partial charge in [-0.1, -0.05) is 23.7 Å². The summed E-state index contributed by atoms with van der Waals surface area (Å²) in [7, 11) is 0. The highest BCUT2D eigenvalue weighted by atomic mass is 35.5.